The highest BCUT2D eigenvalue weighted by molar-refractivity contribution is 5.94. The minimum absolute atomic E-state index is 0.0244. The largest absolute Gasteiger partial charge is 0.496 e. The highest BCUT2D eigenvalue weighted by atomic mass is 16.5. The number of amides is 1. The average Bonchev–Trinajstić information content (AvgIpc) is 3.03. The van der Waals surface area contributed by atoms with E-state index in [1.807, 2.05) is 26.0 Å². The lowest BCUT2D eigenvalue weighted by molar-refractivity contribution is -0.121. The van der Waals surface area contributed by atoms with E-state index in [-0.39, 0.29) is 17.9 Å². The molecule has 4 atom stereocenters. The van der Waals surface area contributed by atoms with Crippen molar-refractivity contribution in [3.63, 3.8) is 0 Å². The van der Waals surface area contributed by atoms with Crippen molar-refractivity contribution in [2.45, 2.75) is 39.2 Å². The van der Waals surface area contributed by atoms with Crippen molar-refractivity contribution in [3.8, 4) is 5.75 Å². The molecule has 4 heteroatoms. The fraction of sp³-hybridized carbons (Fsp3) is 0.588. The van der Waals surface area contributed by atoms with Crippen LogP contribution in [0.25, 0.3) is 0 Å². The summed E-state index contributed by atoms with van der Waals surface area (Å²) in [5, 5.41) is 3.07. The zero-order valence-corrected chi connectivity index (χ0v) is 13.0. The number of hydrogen-bond donors (Lipinski definition) is 2. The molecule has 2 saturated carbocycles. The second kappa shape index (κ2) is 5.34. The van der Waals surface area contributed by atoms with Gasteiger partial charge in [0.2, 0.25) is 5.91 Å². The Hall–Kier alpha value is -1.55. The van der Waals surface area contributed by atoms with Gasteiger partial charge in [-0.3, -0.25) is 4.79 Å². The van der Waals surface area contributed by atoms with Gasteiger partial charge in [-0.05, 0) is 56.6 Å². The number of fused-ring (bicyclic) bond motifs is 2. The fourth-order valence-electron chi connectivity index (χ4n) is 4.22. The van der Waals surface area contributed by atoms with Crippen molar-refractivity contribution in [1.29, 1.82) is 0 Å². The number of carbonyl (C=O) groups is 1. The van der Waals surface area contributed by atoms with Crippen molar-refractivity contribution < 1.29 is 9.53 Å². The quantitative estimate of drug-likeness (QED) is 0.898. The first-order valence-corrected chi connectivity index (χ1v) is 7.73. The van der Waals surface area contributed by atoms with E-state index in [2.05, 4.69) is 5.32 Å². The van der Waals surface area contributed by atoms with Gasteiger partial charge in [0.1, 0.15) is 5.75 Å². The van der Waals surface area contributed by atoms with E-state index in [4.69, 9.17) is 10.5 Å². The van der Waals surface area contributed by atoms with Crippen LogP contribution in [0.4, 0.5) is 5.69 Å². The standard InChI is InChI=1S/C17H24N2O2/c1-9-4-7-13(10(2)16(9)21-3)19-17(20)14-11-5-6-12(8-11)15(14)18/h4,7,11-12,14-15H,5-6,8,18H2,1-3H3,(H,19,20). The Kier molecular flexibility index (Phi) is 3.66. The van der Waals surface area contributed by atoms with Gasteiger partial charge in [0.15, 0.2) is 0 Å². The predicted octanol–water partition coefficient (Wildman–Crippen LogP) is 2.62. The van der Waals surface area contributed by atoms with Crippen molar-refractivity contribution in [1.82, 2.24) is 0 Å². The molecule has 3 N–H and O–H groups in total. The third-order valence-corrected chi connectivity index (χ3v) is 5.35. The van der Waals surface area contributed by atoms with Crippen LogP contribution in [-0.4, -0.2) is 19.1 Å². The molecule has 0 radical (unpaired) electrons. The summed E-state index contributed by atoms with van der Waals surface area (Å²) >= 11 is 0. The van der Waals surface area contributed by atoms with E-state index >= 15 is 0 Å². The molecule has 2 bridgehead atoms. The topological polar surface area (TPSA) is 64.3 Å². The van der Waals surface area contributed by atoms with Crippen LogP contribution in [0.5, 0.6) is 5.75 Å². The number of ether oxygens (including phenoxy) is 1. The molecule has 4 nitrogen and oxygen atoms in total. The minimum atomic E-state index is -0.0320. The SMILES string of the molecule is COc1c(C)ccc(NC(=O)C2C3CCC(C3)C2N)c1C. The Bertz CT molecular complexity index is 568. The Morgan fingerprint density at radius 3 is 2.62 bits per heavy atom. The molecule has 1 aromatic rings. The van der Waals surface area contributed by atoms with E-state index in [9.17, 15) is 4.79 Å². The lowest BCUT2D eigenvalue weighted by Gasteiger charge is -2.27. The third-order valence-electron chi connectivity index (χ3n) is 5.35. The lowest BCUT2D eigenvalue weighted by atomic mass is 9.84. The molecule has 3 rings (SSSR count). The Morgan fingerprint density at radius 2 is 2.00 bits per heavy atom. The number of nitrogens with one attached hydrogen (secondary N) is 1. The van der Waals surface area contributed by atoms with Gasteiger partial charge in [-0.25, -0.2) is 0 Å². The zero-order valence-electron chi connectivity index (χ0n) is 13.0. The first-order valence-electron chi connectivity index (χ1n) is 7.73. The van der Waals surface area contributed by atoms with Crippen LogP contribution < -0.4 is 15.8 Å². The Labute approximate surface area is 126 Å². The lowest BCUT2D eigenvalue weighted by Crippen LogP contribution is -2.42. The molecule has 0 aromatic heterocycles. The van der Waals surface area contributed by atoms with E-state index in [1.54, 1.807) is 7.11 Å². The van der Waals surface area contributed by atoms with Crippen LogP contribution in [0.2, 0.25) is 0 Å². The highest BCUT2D eigenvalue weighted by Crippen LogP contribution is 2.48. The molecule has 0 spiro atoms. The first-order chi connectivity index (χ1) is 10.0. The van der Waals surface area contributed by atoms with Gasteiger partial charge in [-0.1, -0.05) is 6.07 Å². The number of carbonyl (C=O) groups excluding carboxylic acids is 1. The van der Waals surface area contributed by atoms with Crippen LogP contribution in [0, 0.1) is 31.6 Å². The fourth-order valence-corrected chi connectivity index (χ4v) is 4.22. The molecule has 2 aliphatic rings. The maximum atomic E-state index is 12.6. The maximum Gasteiger partial charge on any atom is 0.229 e. The summed E-state index contributed by atoms with van der Waals surface area (Å²) in [7, 11) is 1.66. The van der Waals surface area contributed by atoms with E-state index < -0.39 is 0 Å². The molecule has 0 heterocycles. The normalized spacial score (nSPS) is 30.5. The number of rotatable bonds is 3. The second-order valence-electron chi connectivity index (χ2n) is 6.51. The summed E-state index contributed by atoms with van der Waals surface area (Å²) in [4.78, 5) is 12.6. The molecular formula is C17H24N2O2. The summed E-state index contributed by atoms with van der Waals surface area (Å²) in [5.41, 5.74) is 9.13. The molecule has 2 aliphatic carbocycles. The average molecular weight is 288 g/mol. The van der Waals surface area contributed by atoms with Gasteiger partial charge in [0.05, 0.1) is 13.0 Å². The number of hydrogen-bond acceptors (Lipinski definition) is 3. The molecule has 0 aliphatic heterocycles. The van der Waals surface area contributed by atoms with Crippen LogP contribution in [-0.2, 0) is 4.79 Å². The summed E-state index contributed by atoms with van der Waals surface area (Å²) in [5.74, 6) is 1.89. The predicted molar refractivity (Wildman–Crippen MR) is 83.4 cm³/mol. The first kappa shape index (κ1) is 14.4. The maximum absolute atomic E-state index is 12.6. The minimum Gasteiger partial charge on any atom is -0.496 e. The summed E-state index contributed by atoms with van der Waals surface area (Å²) in [6.45, 7) is 3.98. The second-order valence-corrected chi connectivity index (χ2v) is 6.51. The van der Waals surface area contributed by atoms with Gasteiger partial charge in [0.25, 0.3) is 0 Å². The van der Waals surface area contributed by atoms with Gasteiger partial charge < -0.3 is 15.8 Å². The number of anilines is 1. The molecule has 0 saturated heterocycles. The van der Waals surface area contributed by atoms with Crippen molar-refractivity contribution in [2.75, 3.05) is 12.4 Å². The molecular weight excluding hydrogens is 264 g/mol. The van der Waals surface area contributed by atoms with Gasteiger partial charge in [-0.2, -0.15) is 0 Å². The van der Waals surface area contributed by atoms with E-state index in [0.717, 1.165) is 35.4 Å². The number of benzene rings is 1. The molecule has 4 unspecified atom stereocenters. The molecule has 2 fully saturated rings. The molecule has 114 valence electrons. The van der Waals surface area contributed by atoms with Gasteiger partial charge >= 0.3 is 0 Å². The van der Waals surface area contributed by atoms with Crippen LogP contribution in [0.15, 0.2) is 12.1 Å². The Balaban J connectivity index is 1.79. The monoisotopic (exact) mass is 288 g/mol. The van der Waals surface area contributed by atoms with Crippen LogP contribution >= 0.6 is 0 Å². The van der Waals surface area contributed by atoms with Gasteiger partial charge in [-0.15, -0.1) is 0 Å². The summed E-state index contributed by atoms with van der Waals surface area (Å²) in [6.07, 6.45) is 3.45. The number of nitrogens with two attached hydrogens (primary N) is 1. The van der Waals surface area contributed by atoms with Crippen molar-refractivity contribution in [2.24, 2.45) is 23.5 Å². The summed E-state index contributed by atoms with van der Waals surface area (Å²) in [6, 6.07) is 3.95. The molecule has 1 aromatic carbocycles. The highest BCUT2D eigenvalue weighted by Gasteiger charge is 2.49. The van der Waals surface area contributed by atoms with Crippen LogP contribution in [0.1, 0.15) is 30.4 Å². The van der Waals surface area contributed by atoms with E-state index in [1.165, 1.54) is 6.42 Å². The molecule has 1 amide bonds. The Morgan fingerprint density at radius 1 is 1.29 bits per heavy atom. The van der Waals surface area contributed by atoms with E-state index in [0.29, 0.717) is 11.8 Å². The van der Waals surface area contributed by atoms with Gasteiger partial charge in [0, 0.05) is 17.3 Å². The zero-order chi connectivity index (χ0) is 15.1. The third kappa shape index (κ3) is 2.31. The number of methoxy groups -OCH3 is 1. The molecule has 21 heavy (non-hydrogen) atoms. The van der Waals surface area contributed by atoms with Crippen molar-refractivity contribution in [3.05, 3.63) is 23.3 Å². The van der Waals surface area contributed by atoms with Crippen LogP contribution in [0.3, 0.4) is 0 Å². The smallest absolute Gasteiger partial charge is 0.229 e. The summed E-state index contributed by atoms with van der Waals surface area (Å²) < 4.78 is 5.42. The number of aryl methyl sites for hydroxylation is 1. The van der Waals surface area contributed by atoms with Crippen molar-refractivity contribution >= 4 is 11.6 Å².